The van der Waals surface area contributed by atoms with Crippen LogP contribution in [0.4, 0.5) is 10.8 Å². The second-order valence-corrected chi connectivity index (χ2v) is 8.07. The smallest absolute Gasteiger partial charge is 0.270 e. The molecule has 10 nitrogen and oxygen atoms in total. The number of nitrogens with zero attached hydrogens (tertiary/aromatic N) is 4. The molecule has 2 heterocycles. The van der Waals surface area contributed by atoms with Gasteiger partial charge in [0.25, 0.3) is 11.6 Å². The molecule has 1 fully saturated rings. The van der Waals surface area contributed by atoms with Crippen molar-refractivity contribution in [3.63, 3.8) is 0 Å². The molecule has 0 saturated carbocycles. The molecule has 0 aliphatic carbocycles. The SMILES string of the molecule is COc1ccc(-c2nnc(NC(=O)C3CCCN3C(=O)c3cccc([N+](=O)[O-])c3)s2)cc1. The Morgan fingerprint density at radius 2 is 2.00 bits per heavy atom. The van der Waals surface area contributed by atoms with Crippen molar-refractivity contribution in [3.05, 3.63) is 64.2 Å². The summed E-state index contributed by atoms with van der Waals surface area (Å²) in [6.07, 6.45) is 1.16. The lowest BCUT2D eigenvalue weighted by atomic mass is 10.1. The molecule has 0 radical (unpaired) electrons. The summed E-state index contributed by atoms with van der Waals surface area (Å²) in [7, 11) is 1.59. The molecule has 3 aromatic rings. The number of non-ortho nitro benzene ring substituents is 1. The highest BCUT2D eigenvalue weighted by Gasteiger charge is 2.35. The van der Waals surface area contributed by atoms with Crippen LogP contribution in [-0.4, -0.2) is 51.5 Å². The van der Waals surface area contributed by atoms with Crippen LogP contribution in [0.15, 0.2) is 48.5 Å². The average Bonchev–Trinajstić information content (AvgIpc) is 3.48. The summed E-state index contributed by atoms with van der Waals surface area (Å²) in [5.41, 5.74) is 0.847. The van der Waals surface area contributed by atoms with Crippen LogP contribution >= 0.6 is 11.3 Å². The molecule has 11 heteroatoms. The van der Waals surface area contributed by atoms with E-state index >= 15 is 0 Å². The molecular formula is C21H19N5O5S. The van der Waals surface area contributed by atoms with Gasteiger partial charge in [-0.3, -0.25) is 25.0 Å². The van der Waals surface area contributed by atoms with Gasteiger partial charge in [-0.2, -0.15) is 0 Å². The first-order valence-electron chi connectivity index (χ1n) is 9.80. The Kier molecular flexibility index (Phi) is 6.08. The summed E-state index contributed by atoms with van der Waals surface area (Å²) in [5, 5.41) is 22.9. The second kappa shape index (κ2) is 9.10. The Hall–Kier alpha value is -3.86. The molecule has 4 rings (SSSR count). The van der Waals surface area contributed by atoms with Gasteiger partial charge in [-0.05, 0) is 43.2 Å². The number of amides is 2. The summed E-state index contributed by atoms with van der Waals surface area (Å²) < 4.78 is 5.14. The first-order chi connectivity index (χ1) is 15.5. The van der Waals surface area contributed by atoms with Crippen molar-refractivity contribution >= 4 is 34.0 Å². The number of ether oxygens (including phenoxy) is 1. The van der Waals surface area contributed by atoms with Crippen molar-refractivity contribution < 1.29 is 19.2 Å². The van der Waals surface area contributed by atoms with Crippen molar-refractivity contribution in [1.29, 1.82) is 0 Å². The van der Waals surface area contributed by atoms with Gasteiger partial charge < -0.3 is 9.64 Å². The number of aromatic nitrogens is 2. The first-order valence-corrected chi connectivity index (χ1v) is 10.6. The van der Waals surface area contributed by atoms with E-state index < -0.39 is 16.9 Å². The second-order valence-electron chi connectivity index (χ2n) is 7.09. The van der Waals surface area contributed by atoms with Crippen LogP contribution in [-0.2, 0) is 4.79 Å². The molecule has 1 atom stereocenters. The largest absolute Gasteiger partial charge is 0.497 e. The number of rotatable bonds is 6. The maximum atomic E-state index is 12.9. The number of likely N-dealkylation sites (tertiary alicyclic amines) is 1. The molecular weight excluding hydrogens is 434 g/mol. The zero-order valence-corrected chi connectivity index (χ0v) is 17.9. The normalized spacial score (nSPS) is 15.4. The Morgan fingerprint density at radius 1 is 1.22 bits per heavy atom. The van der Waals surface area contributed by atoms with Crippen molar-refractivity contribution in [3.8, 4) is 16.3 Å². The van der Waals surface area contributed by atoms with Gasteiger partial charge in [0, 0.05) is 29.8 Å². The van der Waals surface area contributed by atoms with Gasteiger partial charge in [-0.25, -0.2) is 0 Å². The lowest BCUT2D eigenvalue weighted by molar-refractivity contribution is -0.384. The summed E-state index contributed by atoms with van der Waals surface area (Å²) in [4.78, 5) is 37.7. The number of nitrogens with one attached hydrogen (secondary N) is 1. The highest BCUT2D eigenvalue weighted by Crippen LogP contribution is 2.29. The molecule has 0 bridgehead atoms. The summed E-state index contributed by atoms with van der Waals surface area (Å²) in [5.74, 6) is -0.0530. The van der Waals surface area contributed by atoms with Crippen molar-refractivity contribution in [2.24, 2.45) is 0 Å². The fourth-order valence-electron chi connectivity index (χ4n) is 3.51. The predicted octanol–water partition coefficient (Wildman–Crippen LogP) is 3.37. The van der Waals surface area contributed by atoms with E-state index in [9.17, 15) is 19.7 Å². The summed E-state index contributed by atoms with van der Waals surface area (Å²) in [6, 6.07) is 12.1. The molecule has 1 aliphatic heterocycles. The van der Waals surface area contributed by atoms with E-state index in [1.807, 2.05) is 24.3 Å². The Balaban J connectivity index is 1.46. The number of nitro benzene ring substituents is 1. The standard InChI is InChI=1S/C21H19N5O5S/c1-31-16-9-7-13(8-10-16)19-23-24-21(32-19)22-18(27)17-6-3-11-25(17)20(28)14-4-2-5-15(12-14)26(29)30/h2,4-5,7-10,12,17H,3,6,11H2,1H3,(H,22,24,27). The zero-order valence-electron chi connectivity index (χ0n) is 17.1. The van der Waals surface area contributed by atoms with Crippen LogP contribution in [0.25, 0.3) is 10.6 Å². The third kappa shape index (κ3) is 4.42. The topological polar surface area (TPSA) is 128 Å². The zero-order chi connectivity index (χ0) is 22.7. The lowest BCUT2D eigenvalue weighted by Gasteiger charge is -2.23. The molecule has 2 amide bonds. The molecule has 2 aromatic carbocycles. The first kappa shape index (κ1) is 21.4. The monoisotopic (exact) mass is 453 g/mol. The summed E-state index contributed by atoms with van der Waals surface area (Å²) in [6.45, 7) is 0.396. The maximum Gasteiger partial charge on any atom is 0.270 e. The quantitative estimate of drug-likeness (QED) is 0.448. The van der Waals surface area contributed by atoms with Crippen molar-refractivity contribution in [2.75, 3.05) is 19.0 Å². The maximum absolute atomic E-state index is 12.9. The van der Waals surface area contributed by atoms with Crippen molar-refractivity contribution in [1.82, 2.24) is 15.1 Å². The van der Waals surface area contributed by atoms with E-state index in [0.29, 0.717) is 29.5 Å². The molecule has 1 aromatic heterocycles. The molecule has 1 aliphatic rings. The highest BCUT2D eigenvalue weighted by atomic mass is 32.1. The number of methoxy groups -OCH3 is 1. The minimum Gasteiger partial charge on any atom is -0.497 e. The number of hydrogen-bond acceptors (Lipinski definition) is 8. The van der Waals surface area contributed by atoms with Crippen molar-refractivity contribution in [2.45, 2.75) is 18.9 Å². The molecule has 0 spiro atoms. The minimum absolute atomic E-state index is 0.170. The van der Waals surface area contributed by atoms with Gasteiger partial charge in [-0.1, -0.05) is 17.4 Å². The molecule has 1 unspecified atom stereocenters. The number of hydrogen-bond donors (Lipinski definition) is 1. The van der Waals surface area contributed by atoms with Crippen LogP contribution in [0.2, 0.25) is 0 Å². The van der Waals surface area contributed by atoms with Gasteiger partial charge in [0.1, 0.15) is 16.8 Å². The van der Waals surface area contributed by atoms with Crippen LogP contribution in [0.1, 0.15) is 23.2 Å². The Morgan fingerprint density at radius 3 is 2.72 bits per heavy atom. The number of anilines is 1. The van der Waals surface area contributed by atoms with E-state index in [0.717, 1.165) is 11.3 Å². The van der Waals surface area contributed by atoms with Crippen LogP contribution in [0.3, 0.4) is 0 Å². The van der Waals surface area contributed by atoms with Gasteiger partial charge in [0.15, 0.2) is 0 Å². The highest BCUT2D eigenvalue weighted by molar-refractivity contribution is 7.18. The minimum atomic E-state index is -0.685. The van der Waals surface area contributed by atoms with E-state index in [1.165, 1.54) is 40.5 Å². The van der Waals surface area contributed by atoms with E-state index in [4.69, 9.17) is 4.74 Å². The van der Waals surface area contributed by atoms with Gasteiger partial charge in [-0.15, -0.1) is 10.2 Å². The molecule has 164 valence electrons. The molecule has 32 heavy (non-hydrogen) atoms. The van der Waals surface area contributed by atoms with E-state index in [1.54, 1.807) is 7.11 Å². The Bertz CT molecular complexity index is 1160. The molecule has 1 saturated heterocycles. The fraction of sp³-hybridized carbons (Fsp3) is 0.238. The van der Waals surface area contributed by atoms with Gasteiger partial charge in [0.2, 0.25) is 11.0 Å². The number of carbonyl (C=O) groups is 2. The number of nitro groups is 1. The van der Waals surface area contributed by atoms with E-state index in [2.05, 4.69) is 15.5 Å². The predicted molar refractivity (Wildman–Crippen MR) is 118 cm³/mol. The fourth-order valence-corrected chi connectivity index (χ4v) is 4.27. The third-order valence-electron chi connectivity index (χ3n) is 5.11. The Labute approximate surface area is 187 Å². The van der Waals surface area contributed by atoms with E-state index in [-0.39, 0.29) is 17.2 Å². The van der Waals surface area contributed by atoms with Crippen LogP contribution in [0.5, 0.6) is 5.75 Å². The molecule has 1 N–H and O–H groups in total. The number of benzene rings is 2. The van der Waals surface area contributed by atoms with Gasteiger partial charge in [0.05, 0.1) is 12.0 Å². The van der Waals surface area contributed by atoms with Crippen LogP contribution < -0.4 is 10.1 Å². The lowest BCUT2D eigenvalue weighted by Crippen LogP contribution is -2.43. The number of carbonyl (C=O) groups excluding carboxylic acids is 2. The summed E-state index contributed by atoms with van der Waals surface area (Å²) >= 11 is 1.22. The third-order valence-corrected chi connectivity index (χ3v) is 6.00. The van der Waals surface area contributed by atoms with Gasteiger partial charge >= 0.3 is 0 Å². The average molecular weight is 453 g/mol. The van der Waals surface area contributed by atoms with Crippen LogP contribution in [0, 0.1) is 10.1 Å².